The number of amides is 1. The number of aromatic nitrogens is 2. The molecular formula is C20H17F3N4O. The van der Waals surface area contributed by atoms with E-state index < -0.39 is 17.6 Å². The molecule has 0 spiro atoms. The van der Waals surface area contributed by atoms with Crippen molar-refractivity contribution in [3.8, 4) is 0 Å². The molecule has 3 rings (SSSR count). The van der Waals surface area contributed by atoms with Gasteiger partial charge in [-0.05, 0) is 31.2 Å². The van der Waals surface area contributed by atoms with Gasteiger partial charge in [-0.3, -0.25) is 4.79 Å². The number of carbonyl (C=O) groups excluding carboxylic acids is 1. The van der Waals surface area contributed by atoms with Crippen molar-refractivity contribution in [2.45, 2.75) is 13.1 Å². The van der Waals surface area contributed by atoms with Gasteiger partial charge in [0.2, 0.25) is 0 Å². The zero-order valence-corrected chi connectivity index (χ0v) is 15.2. The molecule has 0 bridgehead atoms. The van der Waals surface area contributed by atoms with E-state index in [0.29, 0.717) is 5.69 Å². The molecule has 1 aromatic heterocycles. The minimum atomic E-state index is -4.52. The van der Waals surface area contributed by atoms with Crippen LogP contribution >= 0.6 is 0 Å². The Balaban J connectivity index is 1.92. The number of hydrogen-bond donors (Lipinski definition) is 1. The maximum absolute atomic E-state index is 13.2. The number of benzene rings is 2. The van der Waals surface area contributed by atoms with Crippen LogP contribution in [0.5, 0.6) is 0 Å². The van der Waals surface area contributed by atoms with Crippen molar-refractivity contribution in [3.05, 3.63) is 77.7 Å². The van der Waals surface area contributed by atoms with Gasteiger partial charge in [0.25, 0.3) is 5.91 Å². The second-order valence-electron chi connectivity index (χ2n) is 6.05. The molecular weight excluding hydrogens is 369 g/mol. The molecule has 5 nitrogen and oxygen atoms in total. The third-order valence-corrected chi connectivity index (χ3v) is 4.00. The maximum atomic E-state index is 13.2. The van der Waals surface area contributed by atoms with E-state index >= 15 is 0 Å². The Morgan fingerprint density at radius 3 is 2.32 bits per heavy atom. The van der Waals surface area contributed by atoms with Crippen molar-refractivity contribution < 1.29 is 18.0 Å². The second kappa shape index (κ2) is 7.67. The van der Waals surface area contributed by atoms with Crippen LogP contribution in [0.15, 0.2) is 60.7 Å². The first-order valence-corrected chi connectivity index (χ1v) is 8.38. The molecule has 1 amide bonds. The zero-order valence-electron chi connectivity index (χ0n) is 15.2. The summed E-state index contributed by atoms with van der Waals surface area (Å²) in [4.78, 5) is 22.4. The van der Waals surface area contributed by atoms with Crippen LogP contribution in [0.2, 0.25) is 0 Å². The summed E-state index contributed by atoms with van der Waals surface area (Å²) in [5, 5.41) is 2.65. The summed E-state index contributed by atoms with van der Waals surface area (Å²) in [6.07, 6.45) is -4.52. The van der Waals surface area contributed by atoms with Crippen LogP contribution < -0.4 is 10.2 Å². The van der Waals surface area contributed by atoms with E-state index in [1.807, 2.05) is 6.07 Å². The molecule has 1 N–H and O–H groups in total. The topological polar surface area (TPSA) is 58.1 Å². The highest BCUT2D eigenvalue weighted by Gasteiger charge is 2.33. The number of rotatable bonds is 4. The zero-order chi connectivity index (χ0) is 20.3. The summed E-state index contributed by atoms with van der Waals surface area (Å²) in [6, 6.07) is 15.4. The predicted molar refractivity (Wildman–Crippen MR) is 101 cm³/mol. The van der Waals surface area contributed by atoms with Crippen molar-refractivity contribution in [2.24, 2.45) is 0 Å². The molecule has 3 aromatic rings. The van der Waals surface area contributed by atoms with E-state index in [2.05, 4.69) is 15.3 Å². The molecule has 0 aliphatic carbocycles. The van der Waals surface area contributed by atoms with Crippen LogP contribution in [-0.4, -0.2) is 22.9 Å². The minimum Gasteiger partial charge on any atom is -0.340 e. The first-order chi connectivity index (χ1) is 13.3. The number of hydrogen-bond acceptors (Lipinski definition) is 4. The Labute approximate surface area is 159 Å². The summed E-state index contributed by atoms with van der Waals surface area (Å²) in [5.74, 6) is -0.0304. The number of nitrogens with one attached hydrogen (secondary N) is 1. The predicted octanol–water partition coefficient (Wildman–Crippen LogP) is 4.82. The van der Waals surface area contributed by atoms with Crippen LogP contribution in [0.1, 0.15) is 21.9 Å². The van der Waals surface area contributed by atoms with Crippen LogP contribution in [0.4, 0.5) is 30.4 Å². The fourth-order valence-corrected chi connectivity index (χ4v) is 2.66. The Morgan fingerprint density at radius 2 is 1.64 bits per heavy atom. The van der Waals surface area contributed by atoms with Gasteiger partial charge < -0.3 is 10.2 Å². The number of para-hydroxylation sites is 2. The summed E-state index contributed by atoms with van der Waals surface area (Å²) in [7, 11) is 1.60. The lowest BCUT2D eigenvalue weighted by Gasteiger charge is -2.18. The van der Waals surface area contributed by atoms with Crippen LogP contribution in [0.25, 0.3) is 0 Å². The molecule has 1 heterocycles. The minimum absolute atomic E-state index is 0.0749. The second-order valence-corrected chi connectivity index (χ2v) is 6.05. The molecule has 0 aliphatic rings. The van der Waals surface area contributed by atoms with Gasteiger partial charge in [0.15, 0.2) is 0 Å². The number of nitrogens with zero attached hydrogens (tertiary/aromatic N) is 3. The number of alkyl halides is 3. The first-order valence-electron chi connectivity index (χ1n) is 8.38. The Hall–Kier alpha value is -3.42. The monoisotopic (exact) mass is 386 g/mol. The third kappa shape index (κ3) is 4.28. The number of halogens is 3. The standard InChI is InChI=1S/C20H17F3N4O/c1-13-24-17(19(28)27(2)14-8-4-3-5-9-14)12-18(25-13)26-16-11-7-6-10-15(16)20(21,22)23/h3-12H,1-2H3,(H,24,25,26). The Kier molecular flexibility index (Phi) is 5.30. The molecule has 0 saturated carbocycles. The van der Waals surface area contributed by atoms with Gasteiger partial charge in [0.1, 0.15) is 17.3 Å². The van der Waals surface area contributed by atoms with Crippen molar-refractivity contribution in [3.63, 3.8) is 0 Å². The molecule has 0 saturated heterocycles. The molecule has 0 radical (unpaired) electrons. The van der Waals surface area contributed by atoms with E-state index in [1.165, 1.54) is 29.2 Å². The van der Waals surface area contributed by atoms with E-state index in [9.17, 15) is 18.0 Å². The van der Waals surface area contributed by atoms with E-state index in [1.54, 1.807) is 38.2 Å². The highest BCUT2D eigenvalue weighted by molar-refractivity contribution is 6.04. The number of aryl methyl sites for hydroxylation is 1. The van der Waals surface area contributed by atoms with E-state index in [-0.39, 0.29) is 23.0 Å². The van der Waals surface area contributed by atoms with Gasteiger partial charge in [-0.25, -0.2) is 9.97 Å². The number of anilines is 3. The molecule has 0 aliphatic heterocycles. The van der Waals surface area contributed by atoms with E-state index in [0.717, 1.165) is 6.07 Å². The normalized spacial score (nSPS) is 11.2. The molecule has 0 fully saturated rings. The molecule has 0 atom stereocenters. The van der Waals surface area contributed by atoms with Crippen LogP contribution in [-0.2, 0) is 6.18 Å². The highest BCUT2D eigenvalue weighted by atomic mass is 19.4. The lowest BCUT2D eigenvalue weighted by Crippen LogP contribution is -2.27. The van der Waals surface area contributed by atoms with Gasteiger partial charge in [0, 0.05) is 18.8 Å². The van der Waals surface area contributed by atoms with Gasteiger partial charge in [0.05, 0.1) is 11.3 Å². The number of carbonyl (C=O) groups is 1. The molecule has 28 heavy (non-hydrogen) atoms. The SMILES string of the molecule is Cc1nc(Nc2ccccc2C(F)(F)F)cc(C(=O)N(C)c2ccccc2)n1. The molecule has 144 valence electrons. The van der Waals surface area contributed by atoms with Gasteiger partial charge in [-0.15, -0.1) is 0 Å². The quantitative estimate of drug-likeness (QED) is 0.698. The summed E-state index contributed by atoms with van der Waals surface area (Å²) in [6.45, 7) is 1.57. The third-order valence-electron chi connectivity index (χ3n) is 4.00. The van der Waals surface area contributed by atoms with Crippen LogP contribution in [0.3, 0.4) is 0 Å². The molecule has 2 aromatic carbocycles. The maximum Gasteiger partial charge on any atom is 0.418 e. The lowest BCUT2D eigenvalue weighted by molar-refractivity contribution is -0.136. The first kappa shape index (κ1) is 19.3. The van der Waals surface area contributed by atoms with Gasteiger partial charge in [-0.1, -0.05) is 30.3 Å². The molecule has 8 heteroatoms. The average molecular weight is 386 g/mol. The summed E-state index contributed by atoms with van der Waals surface area (Å²) in [5.41, 5.74) is -0.227. The van der Waals surface area contributed by atoms with Crippen molar-refractivity contribution >= 4 is 23.1 Å². The van der Waals surface area contributed by atoms with Crippen molar-refractivity contribution in [2.75, 3.05) is 17.3 Å². The highest BCUT2D eigenvalue weighted by Crippen LogP contribution is 2.35. The average Bonchev–Trinajstić information content (AvgIpc) is 2.66. The fourth-order valence-electron chi connectivity index (χ4n) is 2.66. The van der Waals surface area contributed by atoms with Crippen molar-refractivity contribution in [1.82, 2.24) is 9.97 Å². The summed E-state index contributed by atoms with van der Waals surface area (Å²) < 4.78 is 39.6. The Morgan fingerprint density at radius 1 is 1.00 bits per heavy atom. The van der Waals surface area contributed by atoms with Gasteiger partial charge in [-0.2, -0.15) is 13.2 Å². The fraction of sp³-hybridized carbons (Fsp3) is 0.150. The smallest absolute Gasteiger partial charge is 0.340 e. The summed E-state index contributed by atoms with van der Waals surface area (Å²) >= 11 is 0. The largest absolute Gasteiger partial charge is 0.418 e. The van der Waals surface area contributed by atoms with Crippen LogP contribution in [0, 0.1) is 6.92 Å². The van der Waals surface area contributed by atoms with Crippen molar-refractivity contribution in [1.29, 1.82) is 0 Å². The molecule has 0 unspecified atom stereocenters. The van der Waals surface area contributed by atoms with Gasteiger partial charge >= 0.3 is 6.18 Å². The lowest BCUT2D eigenvalue weighted by atomic mass is 10.1. The Bertz CT molecular complexity index is 990. The van der Waals surface area contributed by atoms with E-state index in [4.69, 9.17) is 0 Å².